The van der Waals surface area contributed by atoms with E-state index in [0.29, 0.717) is 0 Å². The maximum Gasteiger partial charge on any atom is 0.133 e. The molecule has 0 aliphatic carbocycles. The second-order valence-corrected chi connectivity index (χ2v) is 6.45. The molecule has 2 heterocycles. The highest BCUT2D eigenvalue weighted by Crippen LogP contribution is 2.36. The van der Waals surface area contributed by atoms with Crippen LogP contribution < -0.4 is 5.32 Å². The number of nitrogens with one attached hydrogen (secondary N) is 1. The Labute approximate surface area is 140 Å². The van der Waals surface area contributed by atoms with Crippen LogP contribution in [0.25, 0.3) is 16.9 Å². The van der Waals surface area contributed by atoms with Crippen molar-refractivity contribution in [3.05, 3.63) is 64.2 Å². The van der Waals surface area contributed by atoms with Crippen LogP contribution in [0.15, 0.2) is 42.5 Å². The third-order valence-electron chi connectivity index (χ3n) is 4.45. The van der Waals surface area contributed by atoms with Gasteiger partial charge < -0.3 is 5.32 Å². The lowest BCUT2D eigenvalue weighted by atomic mass is 10.0. The molecule has 1 aromatic heterocycles. The van der Waals surface area contributed by atoms with Crippen molar-refractivity contribution in [1.29, 1.82) is 0 Å². The fourth-order valence-corrected chi connectivity index (χ4v) is 3.38. The van der Waals surface area contributed by atoms with Crippen molar-refractivity contribution in [2.45, 2.75) is 20.3 Å². The molecule has 0 unspecified atom stereocenters. The first-order valence-corrected chi connectivity index (χ1v) is 8.21. The van der Waals surface area contributed by atoms with Crippen molar-refractivity contribution < 1.29 is 0 Å². The van der Waals surface area contributed by atoms with Crippen molar-refractivity contribution in [1.82, 2.24) is 9.78 Å². The van der Waals surface area contributed by atoms with E-state index in [1.165, 1.54) is 16.7 Å². The Kier molecular flexibility index (Phi) is 3.38. The average molecular weight is 324 g/mol. The second-order valence-electron chi connectivity index (χ2n) is 6.01. The zero-order chi connectivity index (χ0) is 16.0. The minimum Gasteiger partial charge on any atom is -0.369 e. The van der Waals surface area contributed by atoms with Crippen LogP contribution in [0.3, 0.4) is 0 Å². The van der Waals surface area contributed by atoms with E-state index in [9.17, 15) is 0 Å². The molecule has 3 aromatic rings. The number of fused-ring (bicyclic) bond motifs is 1. The zero-order valence-corrected chi connectivity index (χ0v) is 14.0. The molecule has 0 radical (unpaired) electrons. The molecule has 3 nitrogen and oxygen atoms in total. The van der Waals surface area contributed by atoms with E-state index in [1.54, 1.807) is 0 Å². The first-order valence-electron chi connectivity index (χ1n) is 7.83. The monoisotopic (exact) mass is 323 g/mol. The van der Waals surface area contributed by atoms with Crippen LogP contribution in [0.5, 0.6) is 0 Å². The van der Waals surface area contributed by atoms with Crippen molar-refractivity contribution in [2.75, 3.05) is 11.9 Å². The van der Waals surface area contributed by atoms with E-state index in [0.717, 1.165) is 40.8 Å². The van der Waals surface area contributed by atoms with Gasteiger partial charge in [-0.2, -0.15) is 5.10 Å². The normalized spacial score (nSPS) is 13.0. The van der Waals surface area contributed by atoms with Gasteiger partial charge in [-0.05, 0) is 43.5 Å². The lowest BCUT2D eigenvalue weighted by Gasteiger charge is -2.10. The molecule has 0 amide bonds. The van der Waals surface area contributed by atoms with E-state index in [2.05, 4.69) is 43.4 Å². The quantitative estimate of drug-likeness (QED) is 0.735. The molecule has 0 saturated heterocycles. The number of benzene rings is 2. The Hall–Kier alpha value is -2.26. The topological polar surface area (TPSA) is 29.9 Å². The summed E-state index contributed by atoms with van der Waals surface area (Å²) >= 11 is 6.21. The molecule has 0 saturated carbocycles. The predicted molar refractivity (Wildman–Crippen MR) is 95.7 cm³/mol. The summed E-state index contributed by atoms with van der Waals surface area (Å²) in [5.41, 5.74) is 6.99. The lowest BCUT2D eigenvalue weighted by Crippen LogP contribution is -2.05. The van der Waals surface area contributed by atoms with E-state index in [-0.39, 0.29) is 0 Å². The van der Waals surface area contributed by atoms with E-state index >= 15 is 0 Å². The third kappa shape index (κ3) is 2.32. The SMILES string of the molecule is Cc1ccccc1-c1nn(-c2cc(Cl)ccc2C)c2c1CCN2. The van der Waals surface area contributed by atoms with Crippen LogP contribution in [0.1, 0.15) is 16.7 Å². The van der Waals surface area contributed by atoms with Gasteiger partial charge in [0.15, 0.2) is 0 Å². The maximum absolute atomic E-state index is 6.21. The fourth-order valence-electron chi connectivity index (χ4n) is 3.21. The van der Waals surface area contributed by atoms with E-state index in [1.807, 2.05) is 22.9 Å². The minimum atomic E-state index is 0.727. The maximum atomic E-state index is 6.21. The molecule has 116 valence electrons. The van der Waals surface area contributed by atoms with Crippen LogP contribution in [-0.4, -0.2) is 16.3 Å². The fraction of sp³-hybridized carbons (Fsp3) is 0.211. The Morgan fingerprint density at radius 1 is 1.09 bits per heavy atom. The van der Waals surface area contributed by atoms with Gasteiger partial charge in [0.2, 0.25) is 0 Å². The molecule has 23 heavy (non-hydrogen) atoms. The summed E-state index contributed by atoms with van der Waals surface area (Å²) < 4.78 is 2.01. The highest BCUT2D eigenvalue weighted by atomic mass is 35.5. The summed E-state index contributed by atoms with van der Waals surface area (Å²) in [7, 11) is 0. The van der Waals surface area contributed by atoms with Crippen molar-refractivity contribution >= 4 is 17.4 Å². The van der Waals surface area contributed by atoms with Crippen LogP contribution in [0, 0.1) is 13.8 Å². The first-order chi connectivity index (χ1) is 11.1. The number of rotatable bonds is 2. The minimum absolute atomic E-state index is 0.727. The molecule has 4 rings (SSSR count). The van der Waals surface area contributed by atoms with Gasteiger partial charge in [0.05, 0.1) is 11.4 Å². The number of hydrogen-bond acceptors (Lipinski definition) is 2. The predicted octanol–water partition coefficient (Wildman–Crippen LogP) is 4.78. The number of nitrogens with zero attached hydrogens (tertiary/aromatic N) is 2. The summed E-state index contributed by atoms with van der Waals surface area (Å²) in [5, 5.41) is 9.14. The molecule has 1 aliphatic rings. The molecule has 0 bridgehead atoms. The zero-order valence-electron chi connectivity index (χ0n) is 13.2. The van der Waals surface area contributed by atoms with Gasteiger partial charge in [0.1, 0.15) is 5.82 Å². The highest BCUT2D eigenvalue weighted by Gasteiger charge is 2.25. The smallest absolute Gasteiger partial charge is 0.133 e. The Balaban J connectivity index is 1.96. The van der Waals surface area contributed by atoms with Crippen molar-refractivity contribution in [2.24, 2.45) is 0 Å². The number of hydrogen-bond donors (Lipinski definition) is 1. The van der Waals surface area contributed by atoms with Crippen LogP contribution in [0.4, 0.5) is 5.82 Å². The molecule has 4 heteroatoms. The Morgan fingerprint density at radius 2 is 1.91 bits per heavy atom. The lowest BCUT2D eigenvalue weighted by molar-refractivity contribution is 0.875. The van der Waals surface area contributed by atoms with Crippen molar-refractivity contribution in [3.63, 3.8) is 0 Å². The van der Waals surface area contributed by atoms with Gasteiger partial charge in [-0.25, -0.2) is 4.68 Å². The van der Waals surface area contributed by atoms with E-state index < -0.39 is 0 Å². The molecule has 2 aromatic carbocycles. The number of anilines is 1. The summed E-state index contributed by atoms with van der Waals surface area (Å²) in [6.07, 6.45) is 0.999. The average Bonchev–Trinajstić information content (AvgIpc) is 3.13. The Bertz CT molecular complexity index is 896. The second kappa shape index (κ2) is 5.43. The largest absolute Gasteiger partial charge is 0.369 e. The highest BCUT2D eigenvalue weighted by molar-refractivity contribution is 6.30. The number of aromatic nitrogens is 2. The van der Waals surface area contributed by atoms with Gasteiger partial charge in [-0.15, -0.1) is 0 Å². The summed E-state index contributed by atoms with van der Waals surface area (Å²) in [5.74, 6) is 1.09. The van der Waals surface area contributed by atoms with Gasteiger partial charge in [-0.1, -0.05) is 41.9 Å². The molecule has 0 atom stereocenters. The Morgan fingerprint density at radius 3 is 2.74 bits per heavy atom. The summed E-state index contributed by atoms with van der Waals surface area (Å²) in [4.78, 5) is 0. The van der Waals surface area contributed by atoms with Crippen LogP contribution in [-0.2, 0) is 6.42 Å². The number of halogens is 1. The molecule has 1 aliphatic heterocycles. The molecule has 0 fully saturated rings. The van der Waals surface area contributed by atoms with E-state index in [4.69, 9.17) is 16.7 Å². The van der Waals surface area contributed by atoms with Crippen LogP contribution in [0.2, 0.25) is 5.02 Å². The van der Waals surface area contributed by atoms with Crippen LogP contribution >= 0.6 is 11.6 Å². The summed E-state index contributed by atoms with van der Waals surface area (Å²) in [6, 6.07) is 14.3. The molecular weight excluding hydrogens is 306 g/mol. The summed E-state index contributed by atoms with van der Waals surface area (Å²) in [6.45, 7) is 5.17. The standard InChI is InChI=1S/C19H18ClN3/c1-12-5-3-4-6-15(12)18-16-9-10-21-19(16)23(22-18)17-11-14(20)8-7-13(17)2/h3-8,11,21H,9-10H2,1-2H3. The van der Waals surface area contributed by atoms with Gasteiger partial charge in [0.25, 0.3) is 0 Å². The first kappa shape index (κ1) is 14.3. The third-order valence-corrected chi connectivity index (χ3v) is 4.69. The van der Waals surface area contributed by atoms with Gasteiger partial charge in [-0.3, -0.25) is 0 Å². The van der Waals surface area contributed by atoms with Crippen molar-refractivity contribution in [3.8, 4) is 16.9 Å². The molecular formula is C19H18ClN3. The van der Waals surface area contributed by atoms with Gasteiger partial charge >= 0.3 is 0 Å². The van der Waals surface area contributed by atoms with Gasteiger partial charge in [0, 0.05) is 22.7 Å². The molecule has 0 spiro atoms. The molecule has 1 N–H and O–H groups in total. The number of aryl methyl sites for hydroxylation is 2.